The molecule has 23 heavy (non-hydrogen) atoms. The molecule has 8 heteroatoms. The molecule has 120 valence electrons. The van der Waals surface area contributed by atoms with Crippen molar-refractivity contribution in [3.8, 4) is 0 Å². The predicted molar refractivity (Wildman–Crippen MR) is 79.7 cm³/mol. The molecule has 0 fully saturated rings. The van der Waals surface area contributed by atoms with Gasteiger partial charge in [0.25, 0.3) is 5.56 Å². The highest BCUT2D eigenvalue weighted by atomic mass is 19.1. The molecule has 0 aliphatic rings. The van der Waals surface area contributed by atoms with E-state index in [9.17, 15) is 9.18 Å². The second kappa shape index (κ2) is 6.25. The van der Waals surface area contributed by atoms with E-state index in [1.807, 2.05) is 0 Å². The minimum absolute atomic E-state index is 0.0484. The van der Waals surface area contributed by atoms with Crippen molar-refractivity contribution in [1.29, 1.82) is 0 Å². The number of aromatic nitrogens is 4. The first-order valence-electron chi connectivity index (χ1n) is 7.08. The minimum atomic E-state index is -0.529. The van der Waals surface area contributed by atoms with Gasteiger partial charge in [0, 0.05) is 13.5 Å². The average molecular weight is 318 g/mol. The first-order valence-corrected chi connectivity index (χ1v) is 7.08. The molecule has 0 N–H and O–H groups in total. The molecule has 0 saturated carbocycles. The Balaban J connectivity index is 1.98. The van der Waals surface area contributed by atoms with Gasteiger partial charge in [0.2, 0.25) is 5.89 Å². The maximum absolute atomic E-state index is 13.7. The number of fused-ring (bicyclic) bond motifs is 1. The van der Waals surface area contributed by atoms with Crippen LogP contribution in [-0.4, -0.2) is 33.4 Å². The molecule has 0 amide bonds. The minimum Gasteiger partial charge on any atom is -0.384 e. The van der Waals surface area contributed by atoms with E-state index in [-0.39, 0.29) is 22.4 Å². The largest absolute Gasteiger partial charge is 0.384 e. The number of halogens is 1. The monoisotopic (exact) mass is 318 g/mol. The Morgan fingerprint density at radius 1 is 1.43 bits per heavy atom. The summed E-state index contributed by atoms with van der Waals surface area (Å²) in [4.78, 5) is 20.8. The zero-order chi connectivity index (χ0) is 16.4. The molecule has 2 heterocycles. The summed E-state index contributed by atoms with van der Waals surface area (Å²) < 4.78 is 25.2. The van der Waals surface area contributed by atoms with E-state index < -0.39 is 11.9 Å². The van der Waals surface area contributed by atoms with Gasteiger partial charge in [-0.3, -0.25) is 9.36 Å². The fraction of sp³-hybridized carbons (Fsp3) is 0.333. The van der Waals surface area contributed by atoms with Crippen LogP contribution < -0.4 is 5.56 Å². The second-order valence-corrected chi connectivity index (χ2v) is 5.06. The van der Waals surface area contributed by atoms with Crippen LogP contribution in [0.3, 0.4) is 0 Å². The van der Waals surface area contributed by atoms with Crippen LogP contribution >= 0.6 is 0 Å². The number of hydrogen-bond donors (Lipinski definition) is 0. The number of rotatable bonds is 5. The number of benzene rings is 1. The van der Waals surface area contributed by atoms with Crippen molar-refractivity contribution in [3.05, 3.63) is 52.4 Å². The van der Waals surface area contributed by atoms with Crippen molar-refractivity contribution in [2.24, 2.45) is 0 Å². The van der Waals surface area contributed by atoms with E-state index in [1.54, 1.807) is 14.0 Å². The molecule has 0 spiro atoms. The van der Waals surface area contributed by atoms with E-state index in [1.165, 1.54) is 29.1 Å². The lowest BCUT2D eigenvalue weighted by molar-refractivity contribution is 0.199. The van der Waals surface area contributed by atoms with Crippen molar-refractivity contribution in [2.45, 2.75) is 19.4 Å². The smallest absolute Gasteiger partial charge is 0.262 e. The summed E-state index contributed by atoms with van der Waals surface area (Å²) in [5.74, 6) is 0.261. The fourth-order valence-electron chi connectivity index (χ4n) is 2.26. The lowest BCUT2D eigenvalue weighted by atomic mass is 10.2. The molecule has 1 atom stereocenters. The quantitative estimate of drug-likeness (QED) is 0.712. The van der Waals surface area contributed by atoms with Crippen LogP contribution in [0, 0.1) is 5.82 Å². The number of hydrogen-bond acceptors (Lipinski definition) is 6. The van der Waals surface area contributed by atoms with Gasteiger partial charge in [-0.15, -0.1) is 0 Å². The van der Waals surface area contributed by atoms with Crippen molar-refractivity contribution >= 4 is 10.9 Å². The maximum atomic E-state index is 13.7. The molecule has 0 aliphatic heterocycles. The highest BCUT2D eigenvalue weighted by Gasteiger charge is 2.19. The Bertz CT molecular complexity index is 890. The molecule has 3 rings (SSSR count). The molecular weight excluding hydrogens is 303 g/mol. The van der Waals surface area contributed by atoms with E-state index >= 15 is 0 Å². The first kappa shape index (κ1) is 15.3. The highest BCUT2D eigenvalue weighted by Crippen LogP contribution is 2.16. The molecule has 0 saturated heterocycles. The van der Waals surface area contributed by atoms with Gasteiger partial charge in [0.1, 0.15) is 17.4 Å². The van der Waals surface area contributed by atoms with Crippen LogP contribution in [0.25, 0.3) is 10.9 Å². The zero-order valence-electron chi connectivity index (χ0n) is 12.7. The van der Waals surface area contributed by atoms with Gasteiger partial charge in [-0.25, -0.2) is 9.37 Å². The molecule has 0 bridgehead atoms. The molecule has 2 aromatic heterocycles. The Labute approximate surface area is 130 Å². The Hall–Kier alpha value is -2.61. The maximum Gasteiger partial charge on any atom is 0.262 e. The molecular formula is C15H15FN4O3. The predicted octanol–water partition coefficient (Wildman–Crippen LogP) is 1.72. The summed E-state index contributed by atoms with van der Waals surface area (Å²) in [6.45, 7) is 2.21. The molecule has 1 aromatic carbocycles. The van der Waals surface area contributed by atoms with Crippen molar-refractivity contribution in [3.63, 3.8) is 0 Å². The van der Waals surface area contributed by atoms with Crippen LogP contribution in [-0.2, 0) is 11.2 Å². The number of para-hydroxylation sites is 1. The summed E-state index contributed by atoms with van der Waals surface area (Å²) >= 11 is 0. The summed E-state index contributed by atoms with van der Waals surface area (Å²) in [7, 11) is 1.59. The molecule has 0 unspecified atom stereocenters. The second-order valence-electron chi connectivity index (χ2n) is 5.06. The molecule has 3 aromatic rings. The lowest BCUT2D eigenvalue weighted by Crippen LogP contribution is -2.24. The van der Waals surface area contributed by atoms with Gasteiger partial charge in [0.15, 0.2) is 5.82 Å². The van der Waals surface area contributed by atoms with Gasteiger partial charge >= 0.3 is 0 Å². The van der Waals surface area contributed by atoms with Crippen LogP contribution in [0.15, 0.2) is 33.8 Å². The van der Waals surface area contributed by atoms with Gasteiger partial charge in [-0.05, 0) is 19.1 Å². The normalized spacial score (nSPS) is 12.7. The topological polar surface area (TPSA) is 83.0 Å². The molecule has 0 radical (unpaired) electrons. The number of nitrogens with zero attached hydrogens (tertiary/aromatic N) is 4. The highest BCUT2D eigenvalue weighted by molar-refractivity contribution is 5.77. The third kappa shape index (κ3) is 2.85. The van der Waals surface area contributed by atoms with Crippen molar-refractivity contribution in [2.75, 3.05) is 13.7 Å². The third-order valence-electron chi connectivity index (χ3n) is 3.55. The van der Waals surface area contributed by atoms with Crippen LogP contribution in [0.1, 0.15) is 24.7 Å². The average Bonchev–Trinajstić information content (AvgIpc) is 3.02. The van der Waals surface area contributed by atoms with Gasteiger partial charge in [-0.2, -0.15) is 4.98 Å². The van der Waals surface area contributed by atoms with E-state index in [2.05, 4.69) is 15.1 Å². The van der Waals surface area contributed by atoms with Gasteiger partial charge in [0.05, 0.1) is 18.3 Å². The number of ether oxygens (including phenoxy) is 1. The van der Waals surface area contributed by atoms with Crippen molar-refractivity contribution < 1.29 is 13.7 Å². The van der Waals surface area contributed by atoms with Gasteiger partial charge in [-0.1, -0.05) is 11.2 Å². The summed E-state index contributed by atoms with van der Waals surface area (Å²) in [6, 6.07) is 3.77. The van der Waals surface area contributed by atoms with E-state index in [0.29, 0.717) is 18.9 Å². The summed E-state index contributed by atoms with van der Waals surface area (Å²) in [5, 5.41) is 4.05. The van der Waals surface area contributed by atoms with Crippen LogP contribution in [0.2, 0.25) is 0 Å². The van der Waals surface area contributed by atoms with E-state index in [0.717, 1.165) is 0 Å². The Morgan fingerprint density at radius 3 is 3.04 bits per heavy atom. The van der Waals surface area contributed by atoms with E-state index in [4.69, 9.17) is 9.26 Å². The lowest BCUT2D eigenvalue weighted by Gasteiger charge is -2.11. The standard InChI is InChI=1S/C15H15FN4O3/c1-9(14-18-12(19-23-14)6-7-22-2)20-8-17-13-10(15(20)21)4-3-5-11(13)16/h3-5,8-9H,6-7H2,1-2H3/t9-/m0/s1. The van der Waals surface area contributed by atoms with Crippen LogP contribution in [0.4, 0.5) is 4.39 Å². The summed E-state index contributed by atoms with van der Waals surface area (Å²) in [6.07, 6.45) is 1.81. The SMILES string of the molecule is COCCc1noc([C@H](C)n2cnc3c(F)cccc3c2=O)n1. The van der Waals surface area contributed by atoms with Gasteiger partial charge < -0.3 is 9.26 Å². The zero-order valence-corrected chi connectivity index (χ0v) is 12.7. The molecule has 0 aliphatic carbocycles. The Morgan fingerprint density at radius 2 is 2.26 bits per heavy atom. The Kier molecular flexibility index (Phi) is 4.16. The van der Waals surface area contributed by atoms with Crippen molar-refractivity contribution in [1.82, 2.24) is 19.7 Å². The first-order chi connectivity index (χ1) is 11.1. The number of methoxy groups -OCH3 is 1. The fourth-order valence-corrected chi connectivity index (χ4v) is 2.26. The third-order valence-corrected chi connectivity index (χ3v) is 3.55. The molecule has 7 nitrogen and oxygen atoms in total. The summed E-state index contributed by atoms with van der Waals surface area (Å²) in [5.41, 5.74) is -0.314. The van der Waals surface area contributed by atoms with Crippen LogP contribution in [0.5, 0.6) is 0 Å².